The maximum atomic E-state index is 11.8. The maximum Gasteiger partial charge on any atom is 0.150 e. The molecule has 0 aliphatic carbocycles. The molecule has 1 atom stereocenters. The minimum Gasteiger partial charge on any atom is -0.300 e. The van der Waals surface area contributed by atoms with Crippen molar-refractivity contribution >= 4 is 34.2 Å². The number of Topliss-reactive ketones (excluding diaryl/α,β-unsaturated/α-hetero) is 2. The number of benzene rings is 1. The van der Waals surface area contributed by atoms with E-state index in [1.165, 1.54) is 3.57 Å². The van der Waals surface area contributed by atoms with Gasteiger partial charge in [0.15, 0.2) is 5.78 Å². The molecule has 1 aliphatic heterocycles. The van der Waals surface area contributed by atoms with Crippen LogP contribution in [0.25, 0.3) is 0 Å². The van der Waals surface area contributed by atoms with Crippen molar-refractivity contribution in [3.8, 4) is 0 Å². The first-order chi connectivity index (χ1) is 8.15. The molecule has 1 aromatic rings. The Morgan fingerprint density at radius 1 is 1.18 bits per heavy atom. The zero-order valence-electron chi connectivity index (χ0n) is 9.41. The van der Waals surface area contributed by atoms with Gasteiger partial charge in [-0.1, -0.05) is 12.1 Å². The van der Waals surface area contributed by atoms with Crippen LogP contribution in [0.15, 0.2) is 24.3 Å². The molecule has 1 aliphatic rings. The van der Waals surface area contributed by atoms with Crippen LogP contribution in [0.2, 0.25) is 0 Å². The molecule has 1 N–H and O–H groups in total. The van der Waals surface area contributed by atoms with E-state index < -0.39 is 0 Å². The van der Waals surface area contributed by atoms with Crippen LogP contribution in [0, 0.1) is 3.57 Å². The van der Waals surface area contributed by atoms with Gasteiger partial charge in [-0.15, -0.1) is 0 Å². The molecule has 1 heterocycles. The lowest BCUT2D eigenvalue weighted by Crippen LogP contribution is -2.38. The lowest BCUT2D eigenvalue weighted by atomic mass is 10.0. The van der Waals surface area contributed by atoms with E-state index >= 15 is 0 Å². The number of hydrogen-bond donors (Lipinski definition) is 1. The zero-order valence-corrected chi connectivity index (χ0v) is 11.6. The highest BCUT2D eigenvalue weighted by atomic mass is 127. The van der Waals surface area contributed by atoms with Crippen molar-refractivity contribution in [2.24, 2.45) is 0 Å². The van der Waals surface area contributed by atoms with Crippen LogP contribution in [-0.4, -0.2) is 24.2 Å². The average Bonchev–Trinajstić information content (AvgIpc) is 2.47. The third-order valence-electron chi connectivity index (χ3n) is 2.94. The molecular weight excluding hydrogens is 329 g/mol. The number of halogens is 1. The van der Waals surface area contributed by atoms with Crippen molar-refractivity contribution < 1.29 is 9.59 Å². The Bertz CT molecular complexity index is 428. The highest BCUT2D eigenvalue weighted by molar-refractivity contribution is 14.1. The van der Waals surface area contributed by atoms with Crippen LogP contribution in [0.1, 0.15) is 18.4 Å². The molecule has 0 aromatic heterocycles. The summed E-state index contributed by atoms with van der Waals surface area (Å²) < 4.78 is 1.18. The van der Waals surface area contributed by atoms with E-state index in [9.17, 15) is 9.59 Å². The van der Waals surface area contributed by atoms with E-state index in [0.717, 1.165) is 5.56 Å². The molecule has 0 bridgehead atoms. The number of hydrogen-bond acceptors (Lipinski definition) is 3. The van der Waals surface area contributed by atoms with Gasteiger partial charge in [0.2, 0.25) is 0 Å². The standard InChI is InChI=1S/C13H14INO2/c14-10-3-1-9(2-4-10)7-12-13(17)6-5-11(16)8-15-12/h1-4,12,15H,5-8H2/t12-/m1/s1. The zero-order chi connectivity index (χ0) is 12.3. The molecule has 0 amide bonds. The quantitative estimate of drug-likeness (QED) is 0.832. The molecule has 0 saturated carbocycles. The lowest BCUT2D eigenvalue weighted by molar-refractivity contribution is -0.122. The Kier molecular flexibility index (Phi) is 4.28. The molecule has 0 radical (unpaired) electrons. The van der Waals surface area contributed by atoms with Crippen LogP contribution in [-0.2, 0) is 16.0 Å². The van der Waals surface area contributed by atoms with Crippen LogP contribution in [0.3, 0.4) is 0 Å². The fourth-order valence-electron chi connectivity index (χ4n) is 1.92. The van der Waals surface area contributed by atoms with E-state index in [1.807, 2.05) is 24.3 Å². The predicted molar refractivity (Wildman–Crippen MR) is 73.9 cm³/mol. The summed E-state index contributed by atoms with van der Waals surface area (Å²) >= 11 is 2.25. The lowest BCUT2D eigenvalue weighted by Gasteiger charge is -2.14. The van der Waals surface area contributed by atoms with Gasteiger partial charge in [-0.05, 0) is 46.7 Å². The molecule has 3 nitrogen and oxygen atoms in total. The number of carbonyl (C=O) groups is 2. The van der Waals surface area contributed by atoms with Gasteiger partial charge < -0.3 is 5.32 Å². The summed E-state index contributed by atoms with van der Waals surface area (Å²) in [5, 5.41) is 3.04. The largest absolute Gasteiger partial charge is 0.300 e. The average molecular weight is 343 g/mol. The molecule has 0 spiro atoms. The first-order valence-electron chi connectivity index (χ1n) is 5.67. The SMILES string of the molecule is O=C1CCC(=O)[C@@H](Cc2ccc(I)cc2)NC1. The molecular formula is C13H14INO2. The van der Waals surface area contributed by atoms with E-state index in [1.54, 1.807) is 0 Å². The van der Waals surface area contributed by atoms with Gasteiger partial charge in [0.05, 0.1) is 12.6 Å². The first kappa shape index (κ1) is 12.7. The van der Waals surface area contributed by atoms with Crippen LogP contribution in [0.5, 0.6) is 0 Å². The predicted octanol–water partition coefficient (Wildman–Crippen LogP) is 1.72. The van der Waals surface area contributed by atoms with Gasteiger partial charge >= 0.3 is 0 Å². The van der Waals surface area contributed by atoms with Gasteiger partial charge in [0.1, 0.15) is 5.78 Å². The fraction of sp³-hybridized carbons (Fsp3) is 0.385. The number of ketones is 2. The Labute approximate surface area is 114 Å². The minimum absolute atomic E-state index is 0.128. The second kappa shape index (κ2) is 5.73. The number of rotatable bonds is 2. The van der Waals surface area contributed by atoms with Crippen LogP contribution in [0.4, 0.5) is 0 Å². The molecule has 90 valence electrons. The summed E-state index contributed by atoms with van der Waals surface area (Å²) in [5.74, 6) is 0.276. The monoisotopic (exact) mass is 343 g/mol. The van der Waals surface area contributed by atoms with Crippen LogP contribution >= 0.6 is 22.6 Å². The summed E-state index contributed by atoms with van der Waals surface area (Å²) in [6.45, 7) is 0.320. The van der Waals surface area contributed by atoms with Crippen LogP contribution < -0.4 is 5.32 Å². The topological polar surface area (TPSA) is 46.2 Å². The van der Waals surface area contributed by atoms with Gasteiger partial charge in [0, 0.05) is 16.4 Å². The third kappa shape index (κ3) is 3.61. The molecule has 0 unspecified atom stereocenters. The highest BCUT2D eigenvalue weighted by Crippen LogP contribution is 2.11. The Balaban J connectivity index is 2.04. The smallest absolute Gasteiger partial charge is 0.150 e. The highest BCUT2D eigenvalue weighted by Gasteiger charge is 2.23. The summed E-state index contributed by atoms with van der Waals surface area (Å²) in [5.41, 5.74) is 1.13. The van der Waals surface area contributed by atoms with E-state index in [4.69, 9.17) is 0 Å². The van der Waals surface area contributed by atoms with E-state index in [-0.39, 0.29) is 17.6 Å². The molecule has 2 rings (SSSR count). The van der Waals surface area contributed by atoms with E-state index in [2.05, 4.69) is 27.9 Å². The Morgan fingerprint density at radius 3 is 2.59 bits per heavy atom. The molecule has 1 saturated heterocycles. The summed E-state index contributed by atoms with van der Waals surface area (Å²) in [4.78, 5) is 23.1. The van der Waals surface area contributed by atoms with Crippen molar-refractivity contribution in [3.63, 3.8) is 0 Å². The maximum absolute atomic E-state index is 11.8. The minimum atomic E-state index is -0.207. The summed E-state index contributed by atoms with van der Waals surface area (Å²) in [6, 6.07) is 7.92. The number of nitrogens with one attached hydrogen (secondary N) is 1. The van der Waals surface area contributed by atoms with Crippen molar-refractivity contribution in [2.45, 2.75) is 25.3 Å². The molecule has 17 heavy (non-hydrogen) atoms. The molecule has 1 aromatic carbocycles. The summed E-state index contributed by atoms with van der Waals surface area (Å²) in [6.07, 6.45) is 1.43. The Hall–Kier alpha value is -0.750. The third-order valence-corrected chi connectivity index (χ3v) is 3.66. The second-order valence-electron chi connectivity index (χ2n) is 4.27. The molecule has 1 fully saturated rings. The second-order valence-corrected chi connectivity index (χ2v) is 5.51. The van der Waals surface area contributed by atoms with Gasteiger partial charge in [-0.2, -0.15) is 0 Å². The van der Waals surface area contributed by atoms with Crippen molar-refractivity contribution in [1.29, 1.82) is 0 Å². The van der Waals surface area contributed by atoms with Crippen molar-refractivity contribution in [3.05, 3.63) is 33.4 Å². The van der Waals surface area contributed by atoms with Gasteiger partial charge in [-0.3, -0.25) is 9.59 Å². The van der Waals surface area contributed by atoms with Gasteiger partial charge in [0.25, 0.3) is 0 Å². The van der Waals surface area contributed by atoms with Crippen molar-refractivity contribution in [1.82, 2.24) is 5.32 Å². The van der Waals surface area contributed by atoms with Gasteiger partial charge in [-0.25, -0.2) is 0 Å². The number of carbonyl (C=O) groups excluding carboxylic acids is 2. The first-order valence-corrected chi connectivity index (χ1v) is 6.75. The Morgan fingerprint density at radius 2 is 1.88 bits per heavy atom. The normalized spacial score (nSPS) is 21.4. The summed E-state index contributed by atoms with van der Waals surface area (Å²) in [7, 11) is 0. The fourth-order valence-corrected chi connectivity index (χ4v) is 2.28. The van der Waals surface area contributed by atoms with E-state index in [0.29, 0.717) is 25.8 Å². The molecule has 4 heteroatoms. The van der Waals surface area contributed by atoms with Crippen molar-refractivity contribution in [2.75, 3.05) is 6.54 Å².